The van der Waals surface area contributed by atoms with E-state index in [4.69, 9.17) is 18.7 Å². The Bertz CT molecular complexity index is 950. The van der Waals surface area contributed by atoms with Crippen molar-refractivity contribution >= 4 is 17.5 Å². The van der Waals surface area contributed by atoms with Crippen LogP contribution in [0.4, 0.5) is 20.6 Å². The van der Waals surface area contributed by atoms with E-state index in [1.807, 2.05) is 0 Å². The van der Waals surface area contributed by atoms with Crippen LogP contribution in [-0.2, 0) is 11.2 Å². The van der Waals surface area contributed by atoms with Gasteiger partial charge in [0.15, 0.2) is 17.7 Å². The first-order valence-electron chi connectivity index (χ1n) is 9.48. The fourth-order valence-electron chi connectivity index (χ4n) is 4.83. The summed E-state index contributed by atoms with van der Waals surface area (Å²) in [6.45, 7) is 1.53. The number of benzene rings is 1. The minimum absolute atomic E-state index is 0.146. The Labute approximate surface area is 159 Å². The number of halogens is 1. The molecule has 4 aliphatic rings. The molecular weight excluding hydrogens is 369 g/mol. The molecule has 1 aromatic carbocycles. The third-order valence-corrected chi connectivity index (χ3v) is 6.06. The van der Waals surface area contributed by atoms with Crippen LogP contribution in [0.2, 0.25) is 0 Å². The average Bonchev–Trinajstić information content (AvgIpc) is 3.45. The average molecular weight is 387 g/mol. The first-order chi connectivity index (χ1) is 13.7. The molecule has 146 valence electrons. The molecule has 2 fully saturated rings. The van der Waals surface area contributed by atoms with Gasteiger partial charge in [-0.3, -0.25) is 4.90 Å². The van der Waals surface area contributed by atoms with Gasteiger partial charge in [-0.1, -0.05) is 0 Å². The van der Waals surface area contributed by atoms with E-state index in [2.05, 4.69) is 10.1 Å². The molecule has 6 rings (SSSR count). The monoisotopic (exact) mass is 387 g/mol. The first kappa shape index (κ1) is 16.0. The summed E-state index contributed by atoms with van der Waals surface area (Å²) in [6, 6.07) is 3.00. The molecule has 0 N–H and O–H groups in total. The highest BCUT2D eigenvalue weighted by Gasteiger charge is 2.50. The van der Waals surface area contributed by atoms with Crippen LogP contribution in [0.3, 0.4) is 0 Å². The minimum Gasteiger partial charge on any atom is -0.489 e. The zero-order valence-corrected chi connectivity index (χ0v) is 15.0. The molecule has 28 heavy (non-hydrogen) atoms. The van der Waals surface area contributed by atoms with Crippen molar-refractivity contribution in [3.63, 3.8) is 0 Å². The largest absolute Gasteiger partial charge is 0.489 e. The van der Waals surface area contributed by atoms with Gasteiger partial charge in [-0.15, -0.1) is 0 Å². The molecule has 8 nitrogen and oxygen atoms in total. The van der Waals surface area contributed by atoms with Crippen LogP contribution in [0.25, 0.3) is 0 Å². The maximum Gasteiger partial charge on any atom is 0.415 e. The number of carbonyl (C=O) groups excluding carboxylic acids is 1. The van der Waals surface area contributed by atoms with Gasteiger partial charge in [0.1, 0.15) is 25.2 Å². The Balaban J connectivity index is 1.33. The van der Waals surface area contributed by atoms with Crippen LogP contribution in [-0.4, -0.2) is 49.2 Å². The molecule has 0 spiro atoms. The molecule has 2 saturated heterocycles. The third kappa shape index (κ3) is 2.15. The number of ether oxygens (including phenoxy) is 3. The fourth-order valence-corrected chi connectivity index (χ4v) is 4.83. The van der Waals surface area contributed by atoms with E-state index in [1.54, 1.807) is 6.07 Å². The van der Waals surface area contributed by atoms with Crippen molar-refractivity contribution in [1.82, 2.24) is 5.16 Å². The number of hydrogen-bond donors (Lipinski definition) is 0. The molecule has 0 aliphatic carbocycles. The lowest BCUT2D eigenvalue weighted by molar-refractivity contribution is 0.0885. The van der Waals surface area contributed by atoms with Gasteiger partial charge in [0.2, 0.25) is 0 Å². The minimum atomic E-state index is -0.494. The van der Waals surface area contributed by atoms with E-state index >= 15 is 4.39 Å². The number of anilines is 2. The highest BCUT2D eigenvalue weighted by atomic mass is 19.1. The van der Waals surface area contributed by atoms with Gasteiger partial charge in [-0.25, -0.2) is 9.18 Å². The number of aromatic nitrogens is 1. The molecule has 3 atom stereocenters. The zero-order chi connectivity index (χ0) is 18.8. The molecule has 4 aliphatic heterocycles. The van der Waals surface area contributed by atoms with E-state index in [-0.39, 0.29) is 24.5 Å². The molecule has 0 bridgehead atoms. The second kappa shape index (κ2) is 5.76. The summed E-state index contributed by atoms with van der Waals surface area (Å²) in [4.78, 5) is 16.1. The number of hydrogen-bond acceptors (Lipinski definition) is 7. The summed E-state index contributed by atoms with van der Waals surface area (Å²) in [6.07, 6.45) is 3.01. The van der Waals surface area contributed by atoms with E-state index < -0.39 is 12.2 Å². The van der Waals surface area contributed by atoms with Crippen molar-refractivity contribution in [2.75, 3.05) is 29.6 Å². The second-order valence-corrected chi connectivity index (χ2v) is 7.55. The lowest BCUT2D eigenvalue weighted by Gasteiger charge is -2.35. The lowest BCUT2D eigenvalue weighted by atomic mass is 10.0. The van der Waals surface area contributed by atoms with Gasteiger partial charge in [0, 0.05) is 30.7 Å². The van der Waals surface area contributed by atoms with Crippen LogP contribution >= 0.6 is 0 Å². The van der Waals surface area contributed by atoms with Crippen molar-refractivity contribution in [3.8, 4) is 11.6 Å². The Kier molecular flexibility index (Phi) is 3.30. The molecule has 1 aromatic heterocycles. The molecular formula is C19H18FN3O5. The number of amides is 1. The van der Waals surface area contributed by atoms with Crippen molar-refractivity contribution in [2.45, 2.75) is 37.5 Å². The van der Waals surface area contributed by atoms with Gasteiger partial charge < -0.3 is 23.6 Å². The Morgan fingerprint density at radius 1 is 1.39 bits per heavy atom. The third-order valence-electron chi connectivity index (χ3n) is 6.06. The van der Waals surface area contributed by atoms with Gasteiger partial charge in [-0.05, 0) is 18.0 Å². The number of rotatable bonds is 3. The second-order valence-electron chi connectivity index (χ2n) is 7.55. The van der Waals surface area contributed by atoms with Gasteiger partial charge >= 0.3 is 6.09 Å². The van der Waals surface area contributed by atoms with Crippen LogP contribution in [0.5, 0.6) is 11.6 Å². The summed E-state index contributed by atoms with van der Waals surface area (Å²) in [5.74, 6) is 0.555. The summed E-state index contributed by atoms with van der Waals surface area (Å²) in [5.41, 5.74) is 1.94. The highest BCUT2D eigenvalue weighted by Crippen LogP contribution is 2.51. The van der Waals surface area contributed by atoms with E-state index in [0.717, 1.165) is 24.9 Å². The Morgan fingerprint density at radius 3 is 3.18 bits per heavy atom. The van der Waals surface area contributed by atoms with Crippen LogP contribution in [0, 0.1) is 5.82 Å². The summed E-state index contributed by atoms with van der Waals surface area (Å²) in [7, 11) is 0. The van der Waals surface area contributed by atoms with Crippen molar-refractivity contribution < 1.29 is 27.9 Å². The Hall–Kier alpha value is -2.97. The molecule has 1 unspecified atom stereocenters. The van der Waals surface area contributed by atoms with Crippen LogP contribution in [0.1, 0.15) is 18.4 Å². The van der Waals surface area contributed by atoms with Gasteiger partial charge in [0.05, 0.1) is 17.8 Å². The molecule has 0 radical (unpaired) electrons. The lowest BCUT2D eigenvalue weighted by Crippen LogP contribution is -2.39. The predicted octanol–water partition coefficient (Wildman–Crippen LogP) is 2.50. The fraction of sp³-hybridized carbons (Fsp3) is 0.474. The summed E-state index contributed by atoms with van der Waals surface area (Å²) in [5, 5.41) is 3.69. The smallest absolute Gasteiger partial charge is 0.415 e. The van der Waals surface area contributed by atoms with Crippen molar-refractivity contribution in [2.24, 2.45) is 0 Å². The highest BCUT2D eigenvalue weighted by molar-refractivity contribution is 5.95. The molecule has 2 aromatic rings. The van der Waals surface area contributed by atoms with Crippen LogP contribution in [0.15, 0.2) is 22.9 Å². The SMILES string of the molecule is O=C1O[C@@H](COc2ccon2)[C@@H]2Cc3c(cc(F)c4c3OCC3CCCN43)N12. The van der Waals surface area contributed by atoms with E-state index in [1.165, 1.54) is 17.2 Å². The van der Waals surface area contributed by atoms with Crippen molar-refractivity contribution in [3.05, 3.63) is 29.8 Å². The molecule has 5 heterocycles. The Morgan fingerprint density at radius 2 is 2.32 bits per heavy atom. The normalized spacial score (nSPS) is 27.0. The number of nitrogens with zero attached hydrogens (tertiary/aromatic N) is 3. The zero-order valence-electron chi connectivity index (χ0n) is 15.0. The summed E-state index contributed by atoms with van der Waals surface area (Å²) < 4.78 is 36.8. The van der Waals surface area contributed by atoms with Crippen molar-refractivity contribution in [1.29, 1.82) is 0 Å². The van der Waals surface area contributed by atoms with E-state index in [9.17, 15) is 4.79 Å². The topological polar surface area (TPSA) is 77.3 Å². The van der Waals surface area contributed by atoms with Crippen LogP contribution < -0.4 is 19.3 Å². The maximum absolute atomic E-state index is 15.0. The molecule has 1 amide bonds. The van der Waals surface area contributed by atoms with Gasteiger partial charge in [-0.2, -0.15) is 0 Å². The molecule has 9 heteroatoms. The maximum atomic E-state index is 15.0. The standard InChI is InChI=1S/C19H18FN3O5/c20-12-7-13-11(18-17(12)22-4-1-2-10(22)8-26-18)6-14-15(28-19(24)23(13)14)9-25-16-3-5-27-21-16/h3,5,7,10,14-15H,1-2,4,6,8-9H2/t10?,14-,15-/m0/s1. The number of fused-ring (bicyclic) bond motifs is 7. The van der Waals surface area contributed by atoms with Gasteiger partial charge in [0.25, 0.3) is 5.88 Å². The number of carbonyl (C=O) groups is 1. The predicted molar refractivity (Wildman–Crippen MR) is 94.5 cm³/mol. The van der Waals surface area contributed by atoms with E-state index in [0.29, 0.717) is 36.0 Å². The number of cyclic esters (lactones) is 1. The molecule has 0 saturated carbocycles. The first-order valence-corrected chi connectivity index (χ1v) is 9.48. The quantitative estimate of drug-likeness (QED) is 0.801. The summed E-state index contributed by atoms with van der Waals surface area (Å²) >= 11 is 0.